The van der Waals surface area contributed by atoms with Gasteiger partial charge in [-0.15, -0.1) is 0 Å². The number of carbonyl (C=O) groups is 5. The molecule has 0 aliphatic carbocycles. The number of rotatable bonds is 28. The number of halogens is 12. The number of Topliss-reactive ketones (excluding diaryl/α,β-unsaturated/α-hetero) is 1. The van der Waals surface area contributed by atoms with Gasteiger partial charge in [0.2, 0.25) is 24.6 Å². The van der Waals surface area contributed by atoms with Crippen LogP contribution in [0.4, 0.5) is 52.2 Å². The largest absolute Gasteiger partial charge is 0.497 e. The molecule has 11 aromatic rings. The summed E-state index contributed by atoms with van der Waals surface area (Å²) in [6.45, 7) is 31.2. The number of nitrogens with one attached hydrogen (secondary N) is 1. The Labute approximate surface area is 883 Å². The van der Waals surface area contributed by atoms with Gasteiger partial charge >= 0.3 is 30.3 Å². The van der Waals surface area contributed by atoms with Crippen LogP contribution in [0, 0.1) is 52.0 Å². The standard InChI is InChI=1S/C29H32F2N2O5S.C23H19BrF2O3.C19H32BNO4S.C17H16BrF2NO.C13H8BrF2NO.C2H5ClO2S.2O2S/c1-7-39(37,38)32-25-14-21(22(13-24(25)31)28(36)18-8-10-19(30)11-9-18)23-16-33(6)27(35)15-20(23)17(2)12-26(34)29(3,4)5;1-28-18-10-7-14(22(12-18)29-2)3-4-16-11-20(24)19(13-21(16)26)23(27)15-5-8-17(25)9-6-15;1-13(12-26(23)17(2,3)4)14-10-16(22)21(9)11-15(14)20-24-18(5,6)19(7,8)25-20;1-3-21(4-2)16-10-14(18)13(9-15(16)20)17(22)11-5-7-12(19)8-6-11;14-10-6-12(17)11(16)5-9(10)13(18)7-1-3-8(15)4-2-7;1-2-6(3,4)5;2*1-3-2/h8-11,13-17,32H,7,12H2,1-6H3;5-13H,3-4H2,1-2H3;10-11,13H,12H2,1-9H3;5-10H,3-4H2,1-2H3;1-6H,17H2;2H2,1H3;;/t17-;;13-,26-;;;;;/m1.1...../s1. The second-order valence-electron chi connectivity index (χ2n) is 35.7. The van der Waals surface area contributed by atoms with Crippen molar-refractivity contribution in [2.24, 2.45) is 19.5 Å². The zero-order chi connectivity index (χ0) is 111. The minimum Gasteiger partial charge on any atom is -0.497 e. The molecule has 0 unspecified atom stereocenters. The number of hydrogen-bond acceptors (Lipinski definition) is 22. The number of anilines is 3. The molecule has 0 bridgehead atoms. The molecule has 0 spiro atoms. The van der Waals surface area contributed by atoms with Gasteiger partial charge in [-0.05, 0) is 305 Å². The summed E-state index contributed by atoms with van der Waals surface area (Å²) < 4.78 is 229. The summed E-state index contributed by atoms with van der Waals surface area (Å²) in [5, 5.41) is 0. The van der Waals surface area contributed by atoms with E-state index >= 15 is 4.39 Å². The van der Waals surface area contributed by atoms with Crippen molar-refractivity contribution in [2.45, 2.75) is 158 Å². The maximum atomic E-state index is 15.2. The normalized spacial score (nSPS) is 12.9. The number of carbonyl (C=O) groups excluding carboxylic acids is 5. The van der Waals surface area contributed by atoms with Crippen molar-refractivity contribution in [3.8, 4) is 22.6 Å². The number of benzene rings is 9. The van der Waals surface area contributed by atoms with E-state index in [0.29, 0.717) is 90.1 Å². The lowest BCUT2D eigenvalue weighted by molar-refractivity contribution is -0.126. The Morgan fingerprint density at radius 3 is 1.32 bits per heavy atom. The monoisotopic (exact) mass is 2330 g/mol. The number of aromatic nitrogens is 2. The van der Waals surface area contributed by atoms with Crippen LogP contribution in [0.3, 0.4) is 0 Å². The smallest absolute Gasteiger partial charge is 0.496 e. The van der Waals surface area contributed by atoms with E-state index in [4.69, 9.17) is 41.4 Å². The molecule has 2 aromatic heterocycles. The Morgan fingerprint density at radius 1 is 0.521 bits per heavy atom. The number of nitrogens with zero attached hydrogens (tertiary/aromatic N) is 3. The molecule has 146 heavy (non-hydrogen) atoms. The van der Waals surface area contributed by atoms with E-state index in [2.05, 4.69) is 63.2 Å². The second-order valence-corrected chi connectivity index (χ2v) is 45.9. The van der Waals surface area contributed by atoms with Gasteiger partial charge in [0.25, 0.3) is 5.56 Å². The first-order valence-corrected chi connectivity index (χ1v) is 53.8. The molecular formula is C103H112BBr3ClF8N5O20S5. The Morgan fingerprint density at radius 2 is 0.911 bits per heavy atom. The van der Waals surface area contributed by atoms with Crippen LogP contribution in [0.5, 0.6) is 11.5 Å². The Hall–Kier alpha value is -10.9. The molecule has 43 heteroatoms. The molecule has 1 aliphatic rings. The quantitative estimate of drug-likeness (QED) is 0.0151. The number of nitrogen functional groups attached to an aromatic ring is 1. The highest BCUT2D eigenvalue weighted by molar-refractivity contribution is 9.11. The van der Waals surface area contributed by atoms with Crippen LogP contribution in [-0.4, -0.2) is 144 Å². The second kappa shape index (κ2) is 55.9. The summed E-state index contributed by atoms with van der Waals surface area (Å²) in [4.78, 5) is 90.3. The molecule has 3 heterocycles. The maximum absolute atomic E-state index is 15.2. The van der Waals surface area contributed by atoms with Crippen molar-refractivity contribution in [1.29, 1.82) is 0 Å². The first-order chi connectivity index (χ1) is 68.0. The molecule has 0 saturated carbocycles. The highest BCUT2D eigenvalue weighted by atomic mass is 79.9. The molecule has 0 radical (unpaired) electrons. The molecule has 25 nitrogen and oxygen atoms in total. The number of methoxy groups -OCH3 is 2. The fraction of sp³-hybridized carbons (Fsp3) is 0.330. The van der Waals surface area contributed by atoms with E-state index in [0.717, 1.165) is 40.9 Å². The number of ether oxygens (including phenoxy) is 2. The van der Waals surface area contributed by atoms with Crippen LogP contribution in [-0.2, 0) is 94.1 Å². The molecule has 1 fully saturated rings. The Balaban J connectivity index is 0.000000318. The molecular weight excluding hydrogens is 2230 g/mol. The first-order valence-electron chi connectivity index (χ1n) is 44.6. The molecule has 3 atom stereocenters. The zero-order valence-electron chi connectivity index (χ0n) is 83.4. The maximum Gasteiger partial charge on any atom is 0.496 e. The number of nitrogens with two attached hydrogens (primary N) is 1. The summed E-state index contributed by atoms with van der Waals surface area (Å²) in [6, 6.07) is 38.8. The summed E-state index contributed by atoms with van der Waals surface area (Å²) in [7, 11) is 2.45. The third-order valence-corrected chi connectivity index (χ3v) is 29.6. The lowest BCUT2D eigenvalue weighted by Crippen LogP contribution is -2.41. The van der Waals surface area contributed by atoms with Gasteiger partial charge in [0, 0.05) is 171 Å². The van der Waals surface area contributed by atoms with Gasteiger partial charge in [-0.2, -0.15) is 16.8 Å². The molecule has 0 amide bonds. The fourth-order valence-corrected chi connectivity index (χ4v) is 17.1. The van der Waals surface area contributed by atoms with Crippen LogP contribution >= 0.6 is 58.5 Å². The number of pyridine rings is 2. The number of hydrogen-bond donors (Lipinski definition) is 2. The van der Waals surface area contributed by atoms with Gasteiger partial charge in [-0.1, -0.05) is 63.5 Å². The van der Waals surface area contributed by atoms with Gasteiger partial charge < -0.3 is 38.6 Å². The van der Waals surface area contributed by atoms with Crippen molar-refractivity contribution in [3.63, 3.8) is 0 Å². The van der Waals surface area contributed by atoms with Crippen molar-refractivity contribution in [1.82, 2.24) is 9.13 Å². The molecule has 786 valence electrons. The topological polar surface area (TPSA) is 361 Å². The molecule has 3 N–H and O–H groups in total. The predicted octanol–water partition coefficient (Wildman–Crippen LogP) is 21.1. The Kier molecular flexibility index (Phi) is 48.1. The van der Waals surface area contributed by atoms with Gasteiger partial charge in [0.1, 0.15) is 63.8 Å². The van der Waals surface area contributed by atoms with Crippen LogP contribution < -0.4 is 41.4 Å². The van der Waals surface area contributed by atoms with E-state index in [9.17, 15) is 85.3 Å². The van der Waals surface area contributed by atoms with E-state index in [1.165, 1.54) is 151 Å². The lowest BCUT2D eigenvalue weighted by Gasteiger charge is -2.32. The molecule has 12 rings (SSSR count). The van der Waals surface area contributed by atoms with Crippen molar-refractivity contribution in [2.75, 3.05) is 59.9 Å². The summed E-state index contributed by atoms with van der Waals surface area (Å²) in [6.07, 6.45) is 4.35. The minimum absolute atomic E-state index is 0.00849. The van der Waals surface area contributed by atoms with Crippen LogP contribution in [0.2, 0.25) is 0 Å². The van der Waals surface area contributed by atoms with E-state index < -0.39 is 141 Å². The number of sulfonamides is 1. The average molecular weight is 2340 g/mol. The van der Waals surface area contributed by atoms with Crippen LogP contribution in [0.1, 0.15) is 215 Å². The highest BCUT2D eigenvalue weighted by Crippen LogP contribution is 2.41. The zero-order valence-corrected chi connectivity index (χ0v) is 93.0. The fourth-order valence-electron chi connectivity index (χ4n) is 13.7. The van der Waals surface area contributed by atoms with Crippen LogP contribution in [0.25, 0.3) is 11.1 Å². The molecule has 1 saturated heterocycles. The van der Waals surface area contributed by atoms with E-state index in [-0.39, 0.29) is 107 Å². The first kappa shape index (κ1) is 126. The third-order valence-electron chi connectivity index (χ3n) is 22.8. The van der Waals surface area contributed by atoms with E-state index in [1.807, 2.05) is 86.3 Å². The lowest BCUT2D eigenvalue weighted by atomic mass is 9.74. The van der Waals surface area contributed by atoms with Gasteiger partial charge in [0.05, 0.1) is 54.0 Å². The summed E-state index contributed by atoms with van der Waals surface area (Å²) in [5.74, 6) is -5.17. The molecule has 9 aromatic carbocycles. The van der Waals surface area contributed by atoms with Gasteiger partial charge in [-0.3, -0.25) is 42.5 Å². The van der Waals surface area contributed by atoms with Gasteiger partial charge in [-0.25, -0.2) is 52.0 Å². The predicted molar refractivity (Wildman–Crippen MR) is 566 cm³/mol. The number of ketones is 5. The highest BCUT2D eigenvalue weighted by Gasteiger charge is 2.53. The SMILES string of the molecule is CCN(CC)c1cc(Br)c(C(=O)c2ccc(F)cc2)cc1F.CCS(=O)(=O)Cl.CCS(=O)(=O)Nc1cc(-c2cn(C)c(=O)cc2[C@H](C)CC(=O)C(C)(C)C)c(C(=O)c2ccc(F)cc2)cc1F.COc1ccc(CCc2cc(Br)c(C(=O)c3ccc(F)cc3)cc2F)c(OC)c1.C[C@H](C[S@@](=O)C(C)(C)C)c1cc(=O)n(C)cc1B1OC(C)(C)C(C)(C)O1.Nc1cc(Br)c(C(=O)c2ccc(F)cc2)cc1F.O=S=O.O=S=O. The summed E-state index contributed by atoms with van der Waals surface area (Å²) in [5.41, 5.74) is 8.89. The van der Waals surface area contributed by atoms with Crippen LogP contribution in [0.15, 0.2) is 211 Å². The van der Waals surface area contributed by atoms with Crippen molar-refractivity contribution >= 4 is 170 Å². The van der Waals surface area contributed by atoms with Gasteiger partial charge in [0.15, 0.2) is 23.1 Å². The minimum atomic E-state index is -3.87. The molecule has 1 aliphatic heterocycles. The van der Waals surface area contributed by atoms with Crippen molar-refractivity contribution in [3.05, 3.63) is 336 Å². The Bertz CT molecular complexity index is 6970. The number of aryl methyl sites for hydroxylation is 4. The van der Waals surface area contributed by atoms with E-state index in [1.54, 1.807) is 79.4 Å². The van der Waals surface area contributed by atoms with Crippen molar-refractivity contribution < 1.29 is 116 Å². The summed E-state index contributed by atoms with van der Waals surface area (Å²) >= 11 is 8.35. The average Bonchev–Trinajstić information content (AvgIpc) is 1.55. The third kappa shape index (κ3) is 36.2.